The van der Waals surface area contributed by atoms with Crippen molar-refractivity contribution in [3.8, 4) is 0 Å². The molecule has 0 atom stereocenters. The fourth-order valence-corrected chi connectivity index (χ4v) is 2.61. The van der Waals surface area contributed by atoms with Gasteiger partial charge >= 0.3 is 0 Å². The van der Waals surface area contributed by atoms with E-state index in [0.29, 0.717) is 5.92 Å². The summed E-state index contributed by atoms with van der Waals surface area (Å²) in [5.74, 6) is 0.541. The molecule has 84 valence electrons. The lowest BCUT2D eigenvalue weighted by Gasteiger charge is -2.25. The Morgan fingerprint density at radius 2 is 2.20 bits per heavy atom. The molecule has 4 heteroatoms. The van der Waals surface area contributed by atoms with E-state index in [1.54, 1.807) is 11.3 Å². The third kappa shape index (κ3) is 3.00. The summed E-state index contributed by atoms with van der Waals surface area (Å²) in [6.07, 6.45) is 0. The Balaban J connectivity index is 1.91. The van der Waals surface area contributed by atoms with Gasteiger partial charge in [0.15, 0.2) is 0 Å². The molecule has 0 amide bonds. The fourth-order valence-electron chi connectivity index (χ4n) is 1.61. The van der Waals surface area contributed by atoms with Gasteiger partial charge in [-0.15, -0.1) is 11.3 Å². The second-order valence-electron chi connectivity index (χ2n) is 4.21. The van der Waals surface area contributed by atoms with E-state index in [1.807, 2.05) is 0 Å². The Labute approximate surface area is 95.1 Å². The van der Waals surface area contributed by atoms with E-state index in [-0.39, 0.29) is 0 Å². The van der Waals surface area contributed by atoms with Crippen LogP contribution in [0.1, 0.15) is 30.5 Å². The second kappa shape index (κ2) is 5.05. The molecule has 0 spiro atoms. The normalized spacial score (nSPS) is 18.6. The number of rotatable bonds is 3. The predicted molar refractivity (Wildman–Crippen MR) is 62.3 cm³/mol. The Morgan fingerprint density at radius 1 is 1.47 bits per heavy atom. The summed E-state index contributed by atoms with van der Waals surface area (Å²) in [6, 6.07) is 0. The molecule has 0 bridgehead atoms. The van der Waals surface area contributed by atoms with Crippen LogP contribution in [-0.4, -0.2) is 36.2 Å². The highest BCUT2D eigenvalue weighted by Crippen LogP contribution is 2.19. The first-order valence-electron chi connectivity index (χ1n) is 5.50. The maximum atomic E-state index is 5.32. The highest BCUT2D eigenvalue weighted by Gasteiger charge is 2.13. The lowest BCUT2D eigenvalue weighted by molar-refractivity contribution is 0.0341. The lowest BCUT2D eigenvalue weighted by atomic mass is 10.2. The quantitative estimate of drug-likeness (QED) is 0.789. The Hall–Kier alpha value is -0.450. The maximum Gasteiger partial charge on any atom is 0.107 e. The topological polar surface area (TPSA) is 25.4 Å². The Morgan fingerprint density at radius 3 is 2.80 bits per heavy atom. The molecule has 1 aromatic rings. The van der Waals surface area contributed by atoms with Crippen LogP contribution in [0, 0.1) is 0 Å². The number of morpholine rings is 1. The zero-order valence-electron chi connectivity index (χ0n) is 9.40. The Kier molecular flexibility index (Phi) is 3.72. The van der Waals surface area contributed by atoms with Crippen LogP contribution in [0.25, 0.3) is 0 Å². The van der Waals surface area contributed by atoms with Crippen LogP contribution in [0.2, 0.25) is 0 Å². The minimum Gasteiger partial charge on any atom is -0.379 e. The van der Waals surface area contributed by atoms with E-state index < -0.39 is 0 Å². The minimum atomic E-state index is 0.541. The molecule has 1 aromatic heterocycles. The molecular weight excluding hydrogens is 208 g/mol. The number of ether oxygens (including phenoxy) is 1. The molecule has 2 heterocycles. The standard InChI is InChI=1S/C11H18N2OS/c1-9(2)10-8-15-11(12-10)7-13-3-5-14-6-4-13/h8-9H,3-7H2,1-2H3. The van der Waals surface area contributed by atoms with Crippen LogP contribution in [0.3, 0.4) is 0 Å². The summed E-state index contributed by atoms with van der Waals surface area (Å²) in [4.78, 5) is 7.05. The van der Waals surface area contributed by atoms with E-state index in [1.165, 1.54) is 10.7 Å². The van der Waals surface area contributed by atoms with Crippen molar-refractivity contribution in [2.45, 2.75) is 26.3 Å². The molecule has 1 aliphatic rings. The van der Waals surface area contributed by atoms with E-state index in [4.69, 9.17) is 4.74 Å². The molecule has 0 aromatic carbocycles. The van der Waals surface area contributed by atoms with Gasteiger partial charge in [-0.1, -0.05) is 13.8 Å². The first kappa shape index (κ1) is 11.0. The van der Waals surface area contributed by atoms with Crippen molar-refractivity contribution in [3.63, 3.8) is 0 Å². The molecule has 0 N–H and O–H groups in total. The van der Waals surface area contributed by atoms with Gasteiger partial charge < -0.3 is 4.74 Å². The van der Waals surface area contributed by atoms with Gasteiger partial charge in [0.1, 0.15) is 5.01 Å². The smallest absolute Gasteiger partial charge is 0.107 e. The molecule has 3 nitrogen and oxygen atoms in total. The average Bonchev–Trinajstić information content (AvgIpc) is 2.68. The number of aromatic nitrogens is 1. The maximum absolute atomic E-state index is 5.32. The van der Waals surface area contributed by atoms with Gasteiger partial charge in [-0.25, -0.2) is 4.98 Å². The molecule has 0 saturated carbocycles. The van der Waals surface area contributed by atoms with Gasteiger partial charge in [-0.2, -0.15) is 0 Å². The van der Waals surface area contributed by atoms with Crippen molar-refractivity contribution >= 4 is 11.3 Å². The van der Waals surface area contributed by atoms with Gasteiger partial charge in [0, 0.05) is 18.5 Å². The fraction of sp³-hybridized carbons (Fsp3) is 0.727. The van der Waals surface area contributed by atoms with E-state index in [0.717, 1.165) is 32.8 Å². The van der Waals surface area contributed by atoms with Crippen LogP contribution in [0.4, 0.5) is 0 Å². The summed E-state index contributed by atoms with van der Waals surface area (Å²) in [7, 11) is 0. The molecule has 1 aliphatic heterocycles. The number of hydrogen-bond donors (Lipinski definition) is 0. The summed E-state index contributed by atoms with van der Waals surface area (Å²) >= 11 is 1.78. The van der Waals surface area contributed by atoms with Crippen LogP contribution >= 0.6 is 11.3 Å². The molecular formula is C11H18N2OS. The summed E-state index contributed by atoms with van der Waals surface area (Å²) in [6.45, 7) is 9.17. The first-order valence-corrected chi connectivity index (χ1v) is 6.38. The van der Waals surface area contributed by atoms with Crippen molar-refractivity contribution in [1.82, 2.24) is 9.88 Å². The molecule has 0 unspecified atom stereocenters. The molecule has 1 fully saturated rings. The third-order valence-electron chi connectivity index (χ3n) is 2.62. The lowest BCUT2D eigenvalue weighted by Crippen LogP contribution is -2.35. The Bertz CT molecular complexity index is 305. The summed E-state index contributed by atoms with van der Waals surface area (Å²) in [5.41, 5.74) is 1.23. The number of thiazole rings is 1. The number of nitrogens with zero attached hydrogens (tertiary/aromatic N) is 2. The van der Waals surface area contributed by atoms with Gasteiger partial charge in [-0.3, -0.25) is 4.90 Å². The van der Waals surface area contributed by atoms with Crippen molar-refractivity contribution in [1.29, 1.82) is 0 Å². The molecule has 1 saturated heterocycles. The average molecular weight is 226 g/mol. The van der Waals surface area contributed by atoms with E-state index >= 15 is 0 Å². The van der Waals surface area contributed by atoms with Gasteiger partial charge in [0.25, 0.3) is 0 Å². The summed E-state index contributed by atoms with van der Waals surface area (Å²) < 4.78 is 5.32. The van der Waals surface area contributed by atoms with Crippen LogP contribution in [0.15, 0.2) is 5.38 Å². The summed E-state index contributed by atoms with van der Waals surface area (Å²) in [5, 5.41) is 3.42. The van der Waals surface area contributed by atoms with Crippen molar-refractivity contribution < 1.29 is 4.74 Å². The van der Waals surface area contributed by atoms with Crippen LogP contribution in [0.5, 0.6) is 0 Å². The van der Waals surface area contributed by atoms with Crippen molar-refractivity contribution in [3.05, 3.63) is 16.1 Å². The molecule has 2 rings (SSSR count). The largest absolute Gasteiger partial charge is 0.379 e. The second-order valence-corrected chi connectivity index (χ2v) is 5.15. The molecule has 0 aliphatic carbocycles. The van der Waals surface area contributed by atoms with Gasteiger partial charge in [0.05, 0.1) is 25.5 Å². The highest BCUT2D eigenvalue weighted by atomic mass is 32.1. The molecule has 15 heavy (non-hydrogen) atoms. The first-order chi connectivity index (χ1) is 7.25. The minimum absolute atomic E-state index is 0.541. The monoisotopic (exact) mass is 226 g/mol. The van der Waals surface area contributed by atoms with E-state index in [2.05, 4.69) is 29.1 Å². The highest BCUT2D eigenvalue weighted by molar-refractivity contribution is 7.09. The SMILES string of the molecule is CC(C)c1csc(CN2CCOCC2)n1. The predicted octanol–water partition coefficient (Wildman–Crippen LogP) is 2.10. The zero-order valence-corrected chi connectivity index (χ0v) is 10.2. The van der Waals surface area contributed by atoms with Crippen molar-refractivity contribution in [2.24, 2.45) is 0 Å². The molecule has 0 radical (unpaired) electrons. The zero-order chi connectivity index (χ0) is 10.7. The van der Waals surface area contributed by atoms with Gasteiger partial charge in [-0.05, 0) is 5.92 Å². The van der Waals surface area contributed by atoms with Crippen LogP contribution < -0.4 is 0 Å². The van der Waals surface area contributed by atoms with Crippen molar-refractivity contribution in [2.75, 3.05) is 26.3 Å². The van der Waals surface area contributed by atoms with Gasteiger partial charge in [0.2, 0.25) is 0 Å². The van der Waals surface area contributed by atoms with E-state index in [9.17, 15) is 0 Å². The third-order valence-corrected chi connectivity index (χ3v) is 3.48. The number of hydrogen-bond acceptors (Lipinski definition) is 4. The van der Waals surface area contributed by atoms with Crippen LogP contribution in [-0.2, 0) is 11.3 Å².